The SMILES string of the molecule is Cc1nc2scc(-c3ccc(C(C)(C)C)cc3)c2c(=O)n1C(C)(C)C(=O)O. The molecule has 0 aliphatic heterocycles. The number of aliphatic carboxylic acids is 1. The highest BCUT2D eigenvalue weighted by molar-refractivity contribution is 7.17. The van der Waals surface area contributed by atoms with Crippen LogP contribution in [-0.4, -0.2) is 20.6 Å². The van der Waals surface area contributed by atoms with Crippen LogP contribution >= 0.6 is 11.3 Å². The lowest BCUT2D eigenvalue weighted by atomic mass is 9.86. The second-order valence-corrected chi connectivity index (χ2v) is 9.18. The summed E-state index contributed by atoms with van der Waals surface area (Å²) in [6, 6.07) is 8.16. The molecule has 0 bridgehead atoms. The maximum absolute atomic E-state index is 13.2. The Kier molecular flexibility index (Phi) is 4.50. The van der Waals surface area contributed by atoms with Crippen molar-refractivity contribution in [1.29, 1.82) is 0 Å². The highest BCUT2D eigenvalue weighted by Crippen LogP contribution is 2.33. The number of thiophene rings is 1. The summed E-state index contributed by atoms with van der Waals surface area (Å²) in [5.74, 6) is -0.670. The quantitative estimate of drug-likeness (QED) is 0.719. The van der Waals surface area contributed by atoms with Crippen LogP contribution in [0.4, 0.5) is 0 Å². The van der Waals surface area contributed by atoms with Gasteiger partial charge in [-0.1, -0.05) is 45.0 Å². The fourth-order valence-corrected chi connectivity index (χ4v) is 4.19. The summed E-state index contributed by atoms with van der Waals surface area (Å²) in [7, 11) is 0. The van der Waals surface area contributed by atoms with E-state index in [2.05, 4.69) is 37.9 Å². The van der Waals surface area contributed by atoms with E-state index in [1.807, 2.05) is 17.5 Å². The molecule has 0 saturated heterocycles. The van der Waals surface area contributed by atoms with Gasteiger partial charge in [0.05, 0.1) is 5.39 Å². The van der Waals surface area contributed by atoms with Gasteiger partial charge in [0.15, 0.2) is 0 Å². The van der Waals surface area contributed by atoms with Crippen molar-refractivity contribution < 1.29 is 9.90 Å². The van der Waals surface area contributed by atoms with Crippen molar-refractivity contribution in [3.05, 3.63) is 51.4 Å². The largest absolute Gasteiger partial charge is 0.480 e. The van der Waals surface area contributed by atoms with Gasteiger partial charge in [0.2, 0.25) is 0 Å². The molecule has 0 atom stereocenters. The zero-order chi connectivity index (χ0) is 20.1. The van der Waals surface area contributed by atoms with Crippen molar-refractivity contribution in [2.24, 2.45) is 0 Å². The molecule has 2 heterocycles. The normalized spacial score (nSPS) is 12.5. The van der Waals surface area contributed by atoms with Crippen LogP contribution in [0.1, 0.15) is 46.0 Å². The molecule has 2 aromatic heterocycles. The van der Waals surface area contributed by atoms with Crippen molar-refractivity contribution in [3.63, 3.8) is 0 Å². The molecule has 0 fully saturated rings. The van der Waals surface area contributed by atoms with Gasteiger partial charge in [-0.15, -0.1) is 11.3 Å². The Morgan fingerprint density at radius 1 is 1.11 bits per heavy atom. The number of carboxylic acids is 1. The van der Waals surface area contributed by atoms with Crippen LogP contribution in [0.2, 0.25) is 0 Å². The predicted molar refractivity (Wildman–Crippen MR) is 110 cm³/mol. The Bertz CT molecular complexity index is 1080. The van der Waals surface area contributed by atoms with E-state index < -0.39 is 11.5 Å². The fourth-order valence-electron chi connectivity index (χ4n) is 3.21. The summed E-state index contributed by atoms with van der Waals surface area (Å²) in [4.78, 5) is 30.1. The van der Waals surface area contributed by atoms with E-state index in [0.717, 1.165) is 11.1 Å². The van der Waals surface area contributed by atoms with Gasteiger partial charge < -0.3 is 5.11 Å². The molecule has 0 saturated carbocycles. The van der Waals surface area contributed by atoms with E-state index in [-0.39, 0.29) is 11.0 Å². The lowest BCUT2D eigenvalue weighted by Gasteiger charge is -2.24. The molecule has 0 aliphatic carbocycles. The average Bonchev–Trinajstić information content (AvgIpc) is 2.97. The van der Waals surface area contributed by atoms with Crippen molar-refractivity contribution in [1.82, 2.24) is 9.55 Å². The predicted octanol–water partition coefficient (Wildman–Crippen LogP) is 4.55. The topological polar surface area (TPSA) is 72.2 Å². The summed E-state index contributed by atoms with van der Waals surface area (Å²) in [5.41, 5.74) is 1.29. The zero-order valence-electron chi connectivity index (χ0n) is 16.5. The number of nitrogens with zero attached hydrogens (tertiary/aromatic N) is 2. The van der Waals surface area contributed by atoms with Gasteiger partial charge in [0, 0.05) is 10.9 Å². The standard InChI is InChI=1S/C21H24N2O3S/c1-12-22-17-16(18(24)23(12)21(5,6)19(25)26)15(11-27-17)13-7-9-14(10-8-13)20(2,3)4/h7-11H,1-6H3,(H,25,26). The number of hydrogen-bond donors (Lipinski definition) is 1. The molecule has 6 heteroatoms. The molecule has 1 aromatic carbocycles. The Balaban J connectivity index is 2.25. The number of fused-ring (bicyclic) bond motifs is 1. The Labute approximate surface area is 162 Å². The third-order valence-electron chi connectivity index (χ3n) is 4.92. The molecular formula is C21H24N2O3S. The first-order valence-corrected chi connectivity index (χ1v) is 9.68. The van der Waals surface area contributed by atoms with Crippen LogP contribution in [0.15, 0.2) is 34.4 Å². The number of rotatable bonds is 3. The van der Waals surface area contributed by atoms with Gasteiger partial charge in [0.25, 0.3) is 5.56 Å². The van der Waals surface area contributed by atoms with Gasteiger partial charge in [-0.05, 0) is 37.3 Å². The third kappa shape index (κ3) is 3.18. The maximum Gasteiger partial charge on any atom is 0.329 e. The minimum absolute atomic E-state index is 0.0478. The summed E-state index contributed by atoms with van der Waals surface area (Å²) < 4.78 is 1.28. The smallest absolute Gasteiger partial charge is 0.329 e. The van der Waals surface area contributed by atoms with Crippen molar-refractivity contribution in [2.75, 3.05) is 0 Å². The van der Waals surface area contributed by atoms with Crippen LogP contribution in [0.5, 0.6) is 0 Å². The lowest BCUT2D eigenvalue weighted by molar-refractivity contribution is -0.145. The van der Waals surface area contributed by atoms with E-state index in [0.29, 0.717) is 16.0 Å². The van der Waals surface area contributed by atoms with Gasteiger partial charge in [-0.3, -0.25) is 9.36 Å². The van der Waals surface area contributed by atoms with Crippen molar-refractivity contribution >= 4 is 27.5 Å². The minimum atomic E-state index is -1.38. The van der Waals surface area contributed by atoms with Crippen molar-refractivity contribution in [3.8, 4) is 11.1 Å². The number of carbonyl (C=O) groups is 1. The van der Waals surface area contributed by atoms with E-state index in [1.165, 1.54) is 35.3 Å². The molecule has 142 valence electrons. The van der Waals surface area contributed by atoms with Gasteiger partial charge in [-0.2, -0.15) is 0 Å². The first kappa shape index (κ1) is 19.3. The molecule has 0 aliphatic rings. The van der Waals surface area contributed by atoms with Gasteiger partial charge in [0.1, 0.15) is 16.2 Å². The van der Waals surface area contributed by atoms with Gasteiger partial charge >= 0.3 is 5.97 Å². The molecule has 0 unspecified atom stereocenters. The van der Waals surface area contributed by atoms with E-state index in [1.54, 1.807) is 6.92 Å². The van der Waals surface area contributed by atoms with Crippen LogP contribution in [0, 0.1) is 6.92 Å². The monoisotopic (exact) mass is 384 g/mol. The molecule has 0 amide bonds. The highest BCUT2D eigenvalue weighted by atomic mass is 32.1. The minimum Gasteiger partial charge on any atom is -0.480 e. The van der Waals surface area contributed by atoms with Crippen LogP contribution in [0.3, 0.4) is 0 Å². The summed E-state index contributed by atoms with van der Waals surface area (Å²) in [5, 5.41) is 12.0. The highest BCUT2D eigenvalue weighted by Gasteiger charge is 2.33. The molecular weight excluding hydrogens is 360 g/mol. The Morgan fingerprint density at radius 2 is 1.70 bits per heavy atom. The zero-order valence-corrected chi connectivity index (χ0v) is 17.3. The summed E-state index contributed by atoms with van der Waals surface area (Å²) >= 11 is 1.40. The lowest BCUT2D eigenvalue weighted by Crippen LogP contribution is -2.44. The van der Waals surface area contributed by atoms with Gasteiger partial charge in [-0.25, -0.2) is 9.78 Å². The maximum atomic E-state index is 13.2. The number of aryl methyl sites for hydroxylation is 1. The number of carboxylic acid groups (broad SMARTS) is 1. The fraction of sp³-hybridized carbons (Fsp3) is 0.381. The first-order chi connectivity index (χ1) is 12.4. The number of hydrogen-bond acceptors (Lipinski definition) is 4. The number of aromatic nitrogens is 2. The number of benzene rings is 1. The Morgan fingerprint density at radius 3 is 2.22 bits per heavy atom. The molecule has 1 N–H and O–H groups in total. The van der Waals surface area contributed by atoms with E-state index in [4.69, 9.17) is 0 Å². The summed E-state index contributed by atoms with van der Waals surface area (Å²) in [6.07, 6.45) is 0. The van der Waals surface area contributed by atoms with Crippen LogP contribution in [0.25, 0.3) is 21.3 Å². The molecule has 27 heavy (non-hydrogen) atoms. The van der Waals surface area contributed by atoms with E-state index in [9.17, 15) is 14.7 Å². The molecule has 3 rings (SSSR count). The third-order valence-corrected chi connectivity index (χ3v) is 5.79. The van der Waals surface area contributed by atoms with Crippen molar-refractivity contribution in [2.45, 2.75) is 52.5 Å². The summed E-state index contributed by atoms with van der Waals surface area (Å²) in [6.45, 7) is 11.2. The van der Waals surface area contributed by atoms with Crippen LogP contribution < -0.4 is 5.56 Å². The first-order valence-electron chi connectivity index (χ1n) is 8.80. The molecule has 0 radical (unpaired) electrons. The second-order valence-electron chi connectivity index (χ2n) is 8.32. The van der Waals surface area contributed by atoms with Crippen LogP contribution in [-0.2, 0) is 15.7 Å². The molecule has 5 nitrogen and oxygen atoms in total. The molecule has 0 spiro atoms. The average molecular weight is 385 g/mol. The molecule has 3 aromatic rings. The second kappa shape index (κ2) is 6.30. The Hall–Kier alpha value is -2.47. The van der Waals surface area contributed by atoms with E-state index >= 15 is 0 Å².